The van der Waals surface area contributed by atoms with E-state index in [4.69, 9.17) is 4.42 Å². The molecule has 0 unspecified atom stereocenters. The first-order chi connectivity index (χ1) is 7.72. The molecule has 2 rings (SSSR count). The minimum Gasteiger partial charge on any atom is -0.463 e. The van der Waals surface area contributed by atoms with Crippen molar-refractivity contribution in [1.29, 1.82) is 0 Å². The molecule has 0 aliphatic carbocycles. The van der Waals surface area contributed by atoms with Gasteiger partial charge in [0.25, 0.3) is 0 Å². The normalized spacial score (nSPS) is 11.1. The first kappa shape index (κ1) is 10.3. The quantitative estimate of drug-likeness (QED) is 0.573. The van der Waals surface area contributed by atoms with E-state index in [-0.39, 0.29) is 16.4 Å². The van der Waals surface area contributed by atoms with Gasteiger partial charge in [0, 0.05) is 0 Å². The third kappa shape index (κ3) is 1.77. The van der Waals surface area contributed by atoms with Gasteiger partial charge >= 0.3 is 0 Å². The number of carbonyl (C=O) groups excluding carboxylic acids is 1. The average molecular weight is 218 g/mol. The van der Waals surface area contributed by atoms with Crippen molar-refractivity contribution in [3.63, 3.8) is 0 Å². The van der Waals surface area contributed by atoms with Crippen LogP contribution in [0.25, 0.3) is 17.0 Å². The summed E-state index contributed by atoms with van der Waals surface area (Å²) in [5.74, 6) is -0.503. The zero-order valence-corrected chi connectivity index (χ0v) is 8.14. The highest BCUT2D eigenvalue weighted by molar-refractivity contribution is 5.80. The summed E-state index contributed by atoms with van der Waals surface area (Å²) in [6.07, 6.45) is 4.29. The monoisotopic (exact) mass is 218 g/mol. The Kier molecular flexibility index (Phi) is 2.64. The SMILES string of the molecule is O=CC=Cc1coc2ccc(F)cc2c1=O. The fourth-order valence-corrected chi connectivity index (χ4v) is 1.38. The number of rotatable bonds is 2. The van der Waals surface area contributed by atoms with Crippen molar-refractivity contribution < 1.29 is 13.6 Å². The van der Waals surface area contributed by atoms with Gasteiger partial charge in [-0.3, -0.25) is 9.59 Å². The first-order valence-corrected chi connectivity index (χ1v) is 4.55. The van der Waals surface area contributed by atoms with Crippen LogP contribution in [0.15, 0.2) is 39.7 Å². The highest BCUT2D eigenvalue weighted by Gasteiger charge is 2.05. The number of benzene rings is 1. The Morgan fingerprint density at radius 2 is 2.12 bits per heavy atom. The highest BCUT2D eigenvalue weighted by atomic mass is 19.1. The molecule has 0 radical (unpaired) electrons. The van der Waals surface area contributed by atoms with Crippen LogP contribution in [-0.2, 0) is 4.79 Å². The Morgan fingerprint density at radius 3 is 2.88 bits per heavy atom. The van der Waals surface area contributed by atoms with Crippen LogP contribution in [0.3, 0.4) is 0 Å². The molecule has 3 nitrogen and oxygen atoms in total. The van der Waals surface area contributed by atoms with E-state index in [2.05, 4.69) is 0 Å². The predicted octanol–water partition coefficient (Wildman–Crippen LogP) is 2.14. The van der Waals surface area contributed by atoms with Crippen molar-refractivity contribution in [3.8, 4) is 0 Å². The molecule has 4 heteroatoms. The number of hydrogen-bond donors (Lipinski definition) is 0. The smallest absolute Gasteiger partial charge is 0.199 e. The summed E-state index contributed by atoms with van der Waals surface area (Å²) in [4.78, 5) is 21.9. The van der Waals surface area contributed by atoms with Crippen LogP contribution in [0.4, 0.5) is 4.39 Å². The average Bonchev–Trinajstić information content (AvgIpc) is 2.29. The molecule has 0 saturated carbocycles. The van der Waals surface area contributed by atoms with Crippen molar-refractivity contribution in [2.75, 3.05) is 0 Å². The van der Waals surface area contributed by atoms with Gasteiger partial charge in [0.2, 0.25) is 0 Å². The Hall–Kier alpha value is -2.23. The van der Waals surface area contributed by atoms with Gasteiger partial charge in [-0.15, -0.1) is 0 Å². The Labute approximate surface area is 89.8 Å². The third-order valence-electron chi connectivity index (χ3n) is 2.12. The molecule has 1 heterocycles. The zero-order chi connectivity index (χ0) is 11.5. The summed E-state index contributed by atoms with van der Waals surface area (Å²) in [6.45, 7) is 0. The van der Waals surface area contributed by atoms with Crippen molar-refractivity contribution in [2.45, 2.75) is 0 Å². The molecule has 80 valence electrons. The number of hydrogen-bond acceptors (Lipinski definition) is 3. The lowest BCUT2D eigenvalue weighted by Gasteiger charge is -1.97. The molecule has 0 aliphatic heterocycles. The molecule has 0 N–H and O–H groups in total. The van der Waals surface area contributed by atoms with E-state index in [9.17, 15) is 14.0 Å². The third-order valence-corrected chi connectivity index (χ3v) is 2.12. The van der Waals surface area contributed by atoms with E-state index >= 15 is 0 Å². The number of allylic oxidation sites excluding steroid dienone is 1. The molecular formula is C12H7FO3. The Balaban J connectivity index is 2.73. The summed E-state index contributed by atoms with van der Waals surface area (Å²) >= 11 is 0. The molecule has 0 amide bonds. The van der Waals surface area contributed by atoms with Crippen LogP contribution in [0.1, 0.15) is 5.56 Å². The molecule has 0 bridgehead atoms. The van der Waals surface area contributed by atoms with Crippen LogP contribution < -0.4 is 5.43 Å². The molecule has 2 aromatic rings. The van der Waals surface area contributed by atoms with Gasteiger partial charge in [-0.2, -0.15) is 0 Å². The molecule has 16 heavy (non-hydrogen) atoms. The summed E-state index contributed by atoms with van der Waals surface area (Å²) in [5.41, 5.74) is 0.165. The fourth-order valence-electron chi connectivity index (χ4n) is 1.38. The lowest BCUT2D eigenvalue weighted by atomic mass is 10.1. The topological polar surface area (TPSA) is 47.3 Å². The maximum absolute atomic E-state index is 12.9. The molecular weight excluding hydrogens is 211 g/mol. The van der Waals surface area contributed by atoms with E-state index in [0.29, 0.717) is 11.9 Å². The van der Waals surface area contributed by atoms with Crippen LogP contribution >= 0.6 is 0 Å². The lowest BCUT2D eigenvalue weighted by molar-refractivity contribution is -0.104. The Bertz CT molecular complexity index is 626. The van der Waals surface area contributed by atoms with Gasteiger partial charge in [-0.05, 0) is 30.4 Å². The van der Waals surface area contributed by atoms with Gasteiger partial charge < -0.3 is 4.42 Å². The minimum atomic E-state index is -0.503. The maximum atomic E-state index is 12.9. The highest BCUT2D eigenvalue weighted by Crippen LogP contribution is 2.13. The second kappa shape index (κ2) is 4.10. The second-order valence-electron chi connectivity index (χ2n) is 3.16. The molecule has 0 fully saturated rings. The van der Waals surface area contributed by atoms with Crippen LogP contribution in [0.5, 0.6) is 0 Å². The van der Waals surface area contributed by atoms with Crippen molar-refractivity contribution in [1.82, 2.24) is 0 Å². The molecule has 1 aromatic carbocycles. The minimum absolute atomic E-state index is 0.160. The van der Waals surface area contributed by atoms with Gasteiger partial charge in [-0.1, -0.05) is 0 Å². The van der Waals surface area contributed by atoms with Gasteiger partial charge in [-0.25, -0.2) is 4.39 Å². The molecule has 0 atom stereocenters. The van der Waals surface area contributed by atoms with Crippen molar-refractivity contribution in [2.24, 2.45) is 0 Å². The van der Waals surface area contributed by atoms with Gasteiger partial charge in [0.05, 0.1) is 10.9 Å². The summed E-state index contributed by atoms with van der Waals surface area (Å²) in [7, 11) is 0. The second-order valence-corrected chi connectivity index (χ2v) is 3.16. The lowest BCUT2D eigenvalue weighted by Crippen LogP contribution is -2.04. The van der Waals surface area contributed by atoms with Crippen molar-refractivity contribution >= 4 is 23.3 Å². The van der Waals surface area contributed by atoms with E-state index in [1.54, 1.807) is 0 Å². The van der Waals surface area contributed by atoms with E-state index in [0.717, 1.165) is 6.07 Å². The summed E-state index contributed by atoms with van der Waals surface area (Å²) in [5, 5.41) is 0.160. The van der Waals surface area contributed by atoms with E-state index < -0.39 is 5.82 Å². The Morgan fingerprint density at radius 1 is 1.31 bits per heavy atom. The van der Waals surface area contributed by atoms with Crippen LogP contribution in [-0.4, -0.2) is 6.29 Å². The summed E-state index contributed by atoms with van der Waals surface area (Å²) in [6, 6.07) is 3.71. The van der Waals surface area contributed by atoms with Gasteiger partial charge in [0.15, 0.2) is 5.43 Å². The zero-order valence-electron chi connectivity index (χ0n) is 8.14. The number of fused-ring (bicyclic) bond motifs is 1. The number of aldehydes is 1. The van der Waals surface area contributed by atoms with Crippen LogP contribution in [0.2, 0.25) is 0 Å². The molecule has 0 aliphatic rings. The number of carbonyl (C=O) groups is 1. The number of halogens is 1. The summed E-state index contributed by atoms with van der Waals surface area (Å²) < 4.78 is 18.1. The molecule has 1 aromatic heterocycles. The van der Waals surface area contributed by atoms with E-state index in [1.165, 1.54) is 30.5 Å². The predicted molar refractivity (Wildman–Crippen MR) is 57.5 cm³/mol. The van der Waals surface area contributed by atoms with E-state index in [1.807, 2.05) is 0 Å². The largest absolute Gasteiger partial charge is 0.463 e. The fraction of sp³-hybridized carbons (Fsp3) is 0. The van der Waals surface area contributed by atoms with Gasteiger partial charge in [0.1, 0.15) is 23.9 Å². The molecule has 0 spiro atoms. The standard InChI is InChI=1S/C12H7FO3/c13-9-3-4-11-10(6-9)12(15)8(7-16-11)2-1-5-14/h1-7H. The van der Waals surface area contributed by atoms with Crippen LogP contribution in [0, 0.1) is 5.82 Å². The molecule has 0 saturated heterocycles. The first-order valence-electron chi connectivity index (χ1n) is 4.55. The maximum Gasteiger partial charge on any atom is 0.199 e. The van der Waals surface area contributed by atoms with Crippen molar-refractivity contribution in [3.05, 3.63) is 52.1 Å².